The molecule has 3 rings (SSSR count). The molecule has 5 nitrogen and oxygen atoms in total. The number of halogens is 1. The minimum atomic E-state index is 0.275. The molecule has 1 aliphatic heterocycles. The molecule has 0 radical (unpaired) electrons. The van der Waals surface area contributed by atoms with E-state index in [9.17, 15) is 0 Å². The van der Waals surface area contributed by atoms with Gasteiger partial charge >= 0.3 is 6.01 Å². The van der Waals surface area contributed by atoms with E-state index in [1.165, 1.54) is 0 Å². The van der Waals surface area contributed by atoms with E-state index >= 15 is 0 Å². The van der Waals surface area contributed by atoms with Gasteiger partial charge in [-0.05, 0) is 25.0 Å². The number of para-hydroxylation sites is 1. The Balaban J connectivity index is 1.58. The molecule has 1 fully saturated rings. The van der Waals surface area contributed by atoms with Crippen molar-refractivity contribution in [3.8, 4) is 5.75 Å². The normalized spacial score (nSPS) is 18.4. The van der Waals surface area contributed by atoms with Crippen LogP contribution < -0.4 is 9.64 Å². The van der Waals surface area contributed by atoms with Crippen molar-refractivity contribution in [3.05, 3.63) is 35.1 Å². The zero-order valence-electron chi connectivity index (χ0n) is 13.5. The van der Waals surface area contributed by atoms with Gasteiger partial charge in [0.25, 0.3) is 0 Å². The van der Waals surface area contributed by atoms with Crippen LogP contribution in [0.3, 0.4) is 0 Å². The summed E-state index contributed by atoms with van der Waals surface area (Å²) in [4.78, 5) is 6.64. The first-order valence-corrected chi connectivity index (χ1v) is 8.47. The monoisotopic (exact) mass is 335 g/mol. The lowest BCUT2D eigenvalue weighted by Crippen LogP contribution is -2.38. The van der Waals surface area contributed by atoms with Crippen molar-refractivity contribution < 1.29 is 9.26 Å². The van der Waals surface area contributed by atoms with Crippen LogP contribution in [0.1, 0.15) is 38.4 Å². The number of rotatable bonds is 5. The SMILES string of the molecule is CC(C)c1noc(N2CCCC(COc3ccccc3Cl)C2)n1. The van der Waals surface area contributed by atoms with E-state index in [0.717, 1.165) is 37.5 Å². The number of hydrogen-bond acceptors (Lipinski definition) is 5. The lowest BCUT2D eigenvalue weighted by Gasteiger charge is -2.31. The van der Waals surface area contributed by atoms with Crippen LogP contribution in [0.4, 0.5) is 6.01 Å². The Hall–Kier alpha value is -1.75. The molecule has 0 amide bonds. The Kier molecular flexibility index (Phi) is 5.06. The summed E-state index contributed by atoms with van der Waals surface area (Å²) < 4.78 is 11.3. The standard InChI is InChI=1S/C17H22ClN3O2/c1-12(2)16-19-17(23-20-16)21-9-5-6-13(10-21)11-22-15-8-4-3-7-14(15)18/h3-4,7-8,12-13H,5-6,9-11H2,1-2H3. The van der Waals surface area contributed by atoms with E-state index < -0.39 is 0 Å². The van der Waals surface area contributed by atoms with Crippen molar-refractivity contribution in [1.82, 2.24) is 10.1 Å². The number of piperidine rings is 1. The molecule has 1 aromatic heterocycles. The van der Waals surface area contributed by atoms with Crippen molar-refractivity contribution in [1.29, 1.82) is 0 Å². The molecular weight excluding hydrogens is 314 g/mol. The molecule has 124 valence electrons. The first-order chi connectivity index (χ1) is 11.1. The Morgan fingerprint density at radius 1 is 1.39 bits per heavy atom. The first-order valence-electron chi connectivity index (χ1n) is 8.09. The van der Waals surface area contributed by atoms with Gasteiger partial charge in [0.2, 0.25) is 0 Å². The highest BCUT2D eigenvalue weighted by molar-refractivity contribution is 6.32. The van der Waals surface area contributed by atoms with Crippen LogP contribution in [0.25, 0.3) is 0 Å². The summed E-state index contributed by atoms with van der Waals surface area (Å²) in [6, 6.07) is 8.20. The number of hydrogen-bond donors (Lipinski definition) is 0. The fourth-order valence-electron chi connectivity index (χ4n) is 2.73. The fraction of sp³-hybridized carbons (Fsp3) is 0.529. The molecule has 1 atom stereocenters. The Bertz CT molecular complexity index is 644. The number of aromatic nitrogens is 2. The van der Waals surface area contributed by atoms with Crippen molar-refractivity contribution >= 4 is 17.6 Å². The Morgan fingerprint density at radius 3 is 2.96 bits per heavy atom. The van der Waals surface area contributed by atoms with Crippen LogP contribution in [0.2, 0.25) is 5.02 Å². The summed E-state index contributed by atoms with van der Waals surface area (Å²) in [7, 11) is 0. The lowest BCUT2D eigenvalue weighted by atomic mass is 9.99. The summed E-state index contributed by atoms with van der Waals surface area (Å²) in [6.45, 7) is 6.58. The van der Waals surface area contributed by atoms with Gasteiger partial charge < -0.3 is 14.2 Å². The van der Waals surface area contributed by atoms with E-state index in [2.05, 4.69) is 28.9 Å². The van der Waals surface area contributed by atoms with Gasteiger partial charge in [0.05, 0.1) is 11.6 Å². The molecule has 23 heavy (non-hydrogen) atoms. The van der Waals surface area contributed by atoms with Gasteiger partial charge in [-0.1, -0.05) is 42.7 Å². The summed E-state index contributed by atoms with van der Waals surface area (Å²) in [5.74, 6) is 2.20. The van der Waals surface area contributed by atoms with Crippen molar-refractivity contribution in [2.75, 3.05) is 24.6 Å². The van der Waals surface area contributed by atoms with Crippen LogP contribution in [0, 0.1) is 5.92 Å². The molecule has 0 spiro atoms. The highest BCUT2D eigenvalue weighted by Crippen LogP contribution is 2.27. The number of anilines is 1. The summed E-state index contributed by atoms with van der Waals surface area (Å²) in [5, 5.41) is 4.70. The second-order valence-corrected chi connectivity index (χ2v) is 6.69. The highest BCUT2D eigenvalue weighted by Gasteiger charge is 2.25. The molecule has 1 aromatic carbocycles. The van der Waals surface area contributed by atoms with Crippen LogP contribution >= 0.6 is 11.6 Å². The van der Waals surface area contributed by atoms with Crippen molar-refractivity contribution in [2.45, 2.75) is 32.6 Å². The molecule has 6 heteroatoms. The second-order valence-electron chi connectivity index (χ2n) is 6.29. The second kappa shape index (κ2) is 7.21. The number of nitrogens with zero attached hydrogens (tertiary/aromatic N) is 3. The van der Waals surface area contributed by atoms with Gasteiger partial charge in [0.1, 0.15) is 5.75 Å². The van der Waals surface area contributed by atoms with E-state index in [0.29, 0.717) is 23.6 Å². The molecule has 2 heterocycles. The largest absolute Gasteiger partial charge is 0.492 e. The minimum Gasteiger partial charge on any atom is -0.492 e. The van der Waals surface area contributed by atoms with Crippen LogP contribution in [-0.2, 0) is 0 Å². The Labute approximate surface area is 141 Å². The van der Waals surface area contributed by atoms with Gasteiger partial charge in [0, 0.05) is 24.9 Å². The number of ether oxygens (including phenoxy) is 1. The minimum absolute atomic E-state index is 0.275. The maximum Gasteiger partial charge on any atom is 0.324 e. The lowest BCUT2D eigenvalue weighted by molar-refractivity contribution is 0.225. The van der Waals surface area contributed by atoms with Gasteiger partial charge in [-0.2, -0.15) is 4.98 Å². The smallest absolute Gasteiger partial charge is 0.324 e. The quantitative estimate of drug-likeness (QED) is 0.821. The summed E-state index contributed by atoms with van der Waals surface area (Å²) >= 11 is 6.13. The van der Waals surface area contributed by atoms with Crippen LogP contribution in [-0.4, -0.2) is 29.8 Å². The summed E-state index contributed by atoms with van der Waals surface area (Å²) in [6.07, 6.45) is 2.22. The van der Waals surface area contributed by atoms with Crippen molar-refractivity contribution in [3.63, 3.8) is 0 Å². The topological polar surface area (TPSA) is 51.4 Å². The molecule has 0 N–H and O–H groups in total. The van der Waals surface area contributed by atoms with Gasteiger partial charge in [-0.25, -0.2) is 0 Å². The molecule has 2 aromatic rings. The highest BCUT2D eigenvalue weighted by atomic mass is 35.5. The van der Waals surface area contributed by atoms with Crippen LogP contribution in [0.5, 0.6) is 5.75 Å². The van der Waals surface area contributed by atoms with E-state index in [4.69, 9.17) is 20.9 Å². The molecule has 1 saturated heterocycles. The first kappa shape index (κ1) is 16.1. The molecule has 0 saturated carbocycles. The van der Waals surface area contributed by atoms with E-state index in [1.54, 1.807) is 0 Å². The fourth-order valence-corrected chi connectivity index (χ4v) is 2.92. The predicted molar refractivity (Wildman–Crippen MR) is 90.3 cm³/mol. The third kappa shape index (κ3) is 3.96. The average molecular weight is 336 g/mol. The third-order valence-electron chi connectivity index (χ3n) is 4.05. The van der Waals surface area contributed by atoms with Gasteiger partial charge in [-0.3, -0.25) is 0 Å². The van der Waals surface area contributed by atoms with Crippen LogP contribution in [0.15, 0.2) is 28.8 Å². The van der Waals surface area contributed by atoms with Crippen molar-refractivity contribution in [2.24, 2.45) is 5.92 Å². The predicted octanol–water partition coefficient (Wildman–Crippen LogP) is 4.14. The van der Waals surface area contributed by atoms with Gasteiger partial charge in [0.15, 0.2) is 5.82 Å². The van der Waals surface area contributed by atoms with E-state index in [1.807, 2.05) is 24.3 Å². The molecule has 1 unspecified atom stereocenters. The zero-order chi connectivity index (χ0) is 16.2. The molecule has 1 aliphatic rings. The van der Waals surface area contributed by atoms with Gasteiger partial charge in [-0.15, -0.1) is 0 Å². The molecular formula is C17H22ClN3O2. The van der Waals surface area contributed by atoms with E-state index in [-0.39, 0.29) is 5.92 Å². The molecule has 0 bridgehead atoms. The summed E-state index contributed by atoms with van der Waals surface area (Å²) in [5.41, 5.74) is 0. The maximum atomic E-state index is 6.13. The molecule has 0 aliphatic carbocycles. The zero-order valence-corrected chi connectivity index (χ0v) is 14.3. The third-order valence-corrected chi connectivity index (χ3v) is 4.36. The Morgan fingerprint density at radius 2 is 2.22 bits per heavy atom. The number of benzene rings is 1. The average Bonchev–Trinajstić information content (AvgIpc) is 3.05. The maximum absolute atomic E-state index is 6.13.